The van der Waals surface area contributed by atoms with Crippen LogP contribution in [0.2, 0.25) is 0 Å². The lowest BCUT2D eigenvalue weighted by molar-refractivity contribution is 0.103. The SMILES string of the molecule is COc1cccc(OC)c1C(=O)P(=O)(C(=O)c1ccccc1)c1c(C)cccc1-c1ccccc1. The van der Waals surface area contributed by atoms with Gasteiger partial charge in [-0.3, -0.25) is 9.59 Å². The van der Waals surface area contributed by atoms with Crippen molar-refractivity contribution in [3.8, 4) is 22.6 Å². The minimum Gasteiger partial charge on any atom is -0.496 e. The Bertz CT molecular complexity index is 1410. The molecule has 0 amide bonds. The Labute approximate surface area is 204 Å². The minimum absolute atomic E-state index is 0.0209. The summed E-state index contributed by atoms with van der Waals surface area (Å²) in [7, 11) is -1.63. The maximum absolute atomic E-state index is 15.2. The molecule has 0 saturated carbocycles. The molecule has 0 bridgehead atoms. The summed E-state index contributed by atoms with van der Waals surface area (Å²) in [5, 5.41) is 0.220. The number of carbonyl (C=O) groups is 2. The first-order chi connectivity index (χ1) is 16.9. The van der Waals surface area contributed by atoms with Gasteiger partial charge in [-0.05, 0) is 35.7 Å². The van der Waals surface area contributed by atoms with Crippen LogP contribution in [0.5, 0.6) is 11.5 Å². The highest BCUT2D eigenvalue weighted by Crippen LogP contribution is 2.55. The first-order valence-corrected chi connectivity index (χ1v) is 12.8. The van der Waals surface area contributed by atoms with Gasteiger partial charge in [-0.25, -0.2) is 0 Å². The summed E-state index contributed by atoms with van der Waals surface area (Å²) in [6, 6.07) is 27.8. The molecule has 0 spiro atoms. The third kappa shape index (κ3) is 4.31. The first-order valence-electron chi connectivity index (χ1n) is 11.0. The van der Waals surface area contributed by atoms with Crippen molar-refractivity contribution in [1.82, 2.24) is 0 Å². The Hall–Kier alpha value is -3.95. The van der Waals surface area contributed by atoms with Crippen LogP contribution in [0.15, 0.2) is 97.1 Å². The van der Waals surface area contributed by atoms with Crippen LogP contribution >= 0.6 is 7.14 Å². The van der Waals surface area contributed by atoms with Gasteiger partial charge in [0.1, 0.15) is 17.1 Å². The van der Waals surface area contributed by atoms with Gasteiger partial charge in [0.25, 0.3) is 0 Å². The van der Waals surface area contributed by atoms with E-state index in [-0.39, 0.29) is 27.9 Å². The van der Waals surface area contributed by atoms with E-state index >= 15 is 4.57 Å². The molecule has 6 heteroatoms. The number of rotatable bonds is 8. The molecule has 0 N–H and O–H groups in total. The third-order valence-electron chi connectivity index (χ3n) is 5.87. The molecule has 0 aliphatic rings. The standard InChI is InChI=1S/C29H25O5P/c1-20-12-10-17-23(21-13-6-4-7-14-21)27(20)35(32,28(30)22-15-8-5-9-16-22)29(31)26-24(33-2)18-11-19-25(26)34-3/h4-19H,1-3H3. The van der Waals surface area contributed by atoms with Crippen LogP contribution in [0.25, 0.3) is 11.1 Å². The van der Waals surface area contributed by atoms with Gasteiger partial charge in [-0.2, -0.15) is 0 Å². The minimum atomic E-state index is -4.46. The van der Waals surface area contributed by atoms with Gasteiger partial charge >= 0.3 is 0 Å². The molecule has 1 atom stereocenters. The van der Waals surface area contributed by atoms with E-state index in [2.05, 4.69) is 0 Å². The third-order valence-corrected chi connectivity index (χ3v) is 8.72. The number of benzene rings is 4. The molecule has 0 aliphatic heterocycles. The van der Waals surface area contributed by atoms with Crippen molar-refractivity contribution >= 4 is 23.5 Å². The Kier molecular flexibility index (Phi) is 6.99. The summed E-state index contributed by atoms with van der Waals surface area (Å²) in [6.45, 7) is 1.76. The van der Waals surface area contributed by atoms with E-state index in [0.717, 1.165) is 5.56 Å². The van der Waals surface area contributed by atoms with E-state index in [4.69, 9.17) is 9.47 Å². The number of aryl methyl sites for hydroxylation is 1. The highest BCUT2D eigenvalue weighted by atomic mass is 31.2. The van der Waals surface area contributed by atoms with E-state index in [1.165, 1.54) is 14.2 Å². The summed E-state index contributed by atoms with van der Waals surface area (Å²) in [4.78, 5) is 28.4. The summed E-state index contributed by atoms with van der Waals surface area (Å²) in [5.74, 6) is 0.371. The fourth-order valence-corrected chi connectivity index (χ4v) is 6.96. The Balaban J connectivity index is 2.08. The van der Waals surface area contributed by atoms with E-state index < -0.39 is 18.2 Å². The summed E-state index contributed by atoms with van der Waals surface area (Å²) < 4.78 is 26.0. The van der Waals surface area contributed by atoms with Crippen molar-refractivity contribution in [2.45, 2.75) is 6.92 Å². The van der Waals surface area contributed by atoms with Crippen LogP contribution in [-0.4, -0.2) is 25.3 Å². The Morgan fingerprint density at radius 1 is 0.657 bits per heavy atom. The second-order valence-corrected chi connectivity index (χ2v) is 10.4. The van der Waals surface area contributed by atoms with Gasteiger partial charge < -0.3 is 14.0 Å². The normalized spacial score (nSPS) is 12.4. The average molecular weight is 484 g/mol. The molecular formula is C29H25O5P. The fraction of sp³-hybridized carbons (Fsp3) is 0.103. The topological polar surface area (TPSA) is 69.7 Å². The van der Waals surface area contributed by atoms with Gasteiger partial charge in [-0.15, -0.1) is 0 Å². The summed E-state index contributed by atoms with van der Waals surface area (Å²) in [6.07, 6.45) is 0. The predicted octanol–water partition coefficient (Wildman–Crippen LogP) is 6.35. The van der Waals surface area contributed by atoms with Crippen molar-refractivity contribution < 1.29 is 23.6 Å². The second kappa shape index (κ2) is 10.1. The molecular weight excluding hydrogens is 459 g/mol. The number of ether oxygens (including phenoxy) is 2. The van der Waals surface area contributed by atoms with Gasteiger partial charge in [0.05, 0.1) is 14.2 Å². The van der Waals surface area contributed by atoms with Crippen LogP contribution in [0.1, 0.15) is 26.3 Å². The van der Waals surface area contributed by atoms with Gasteiger partial charge in [0.15, 0.2) is 0 Å². The number of carbonyl (C=O) groups excluding carboxylic acids is 2. The summed E-state index contributed by atoms with van der Waals surface area (Å²) in [5.41, 5.74) is 0.524. The number of hydrogen-bond acceptors (Lipinski definition) is 5. The zero-order valence-corrected chi connectivity index (χ0v) is 20.6. The van der Waals surface area contributed by atoms with Gasteiger partial charge in [0.2, 0.25) is 18.2 Å². The molecule has 35 heavy (non-hydrogen) atoms. The molecule has 4 aromatic rings. The highest BCUT2D eigenvalue weighted by Gasteiger charge is 2.47. The second-order valence-electron chi connectivity index (χ2n) is 7.96. The van der Waals surface area contributed by atoms with Crippen LogP contribution in [0.3, 0.4) is 0 Å². The molecule has 0 fully saturated rings. The van der Waals surface area contributed by atoms with Crippen molar-refractivity contribution in [2.24, 2.45) is 0 Å². The Morgan fingerprint density at radius 3 is 1.77 bits per heavy atom. The zero-order valence-electron chi connectivity index (χ0n) is 19.7. The van der Waals surface area contributed by atoms with Crippen molar-refractivity contribution in [3.05, 3.63) is 114 Å². The van der Waals surface area contributed by atoms with Crippen molar-refractivity contribution in [2.75, 3.05) is 14.2 Å². The number of methoxy groups -OCH3 is 2. The van der Waals surface area contributed by atoms with E-state index in [1.54, 1.807) is 67.6 Å². The monoisotopic (exact) mass is 484 g/mol. The fourth-order valence-electron chi connectivity index (χ4n) is 4.20. The van der Waals surface area contributed by atoms with Gasteiger partial charge in [0, 0.05) is 10.9 Å². The van der Waals surface area contributed by atoms with Crippen LogP contribution in [0.4, 0.5) is 0 Å². The van der Waals surface area contributed by atoms with Crippen molar-refractivity contribution in [3.63, 3.8) is 0 Å². The smallest absolute Gasteiger partial charge is 0.249 e. The quantitative estimate of drug-likeness (QED) is 0.273. The molecule has 0 aromatic heterocycles. The number of hydrogen-bond donors (Lipinski definition) is 0. The van der Waals surface area contributed by atoms with Crippen LogP contribution < -0.4 is 14.8 Å². The largest absolute Gasteiger partial charge is 0.496 e. The van der Waals surface area contributed by atoms with Crippen LogP contribution in [-0.2, 0) is 4.57 Å². The molecule has 0 radical (unpaired) electrons. The average Bonchev–Trinajstić information content (AvgIpc) is 2.92. The van der Waals surface area contributed by atoms with E-state index in [1.807, 2.05) is 36.4 Å². The zero-order chi connectivity index (χ0) is 25.0. The maximum atomic E-state index is 15.2. The predicted molar refractivity (Wildman–Crippen MR) is 139 cm³/mol. The van der Waals surface area contributed by atoms with Crippen molar-refractivity contribution in [1.29, 1.82) is 0 Å². The van der Waals surface area contributed by atoms with Crippen LogP contribution in [0, 0.1) is 6.92 Å². The first kappa shape index (κ1) is 24.2. The van der Waals surface area contributed by atoms with E-state index in [0.29, 0.717) is 11.1 Å². The Morgan fingerprint density at radius 2 is 1.20 bits per heavy atom. The lowest BCUT2D eigenvalue weighted by atomic mass is 10.0. The molecule has 4 aromatic carbocycles. The lowest BCUT2D eigenvalue weighted by Crippen LogP contribution is -2.25. The van der Waals surface area contributed by atoms with Gasteiger partial charge in [-0.1, -0.05) is 84.9 Å². The molecule has 176 valence electrons. The maximum Gasteiger partial charge on any atom is 0.249 e. The molecule has 0 heterocycles. The molecule has 4 rings (SSSR count). The molecule has 0 aliphatic carbocycles. The van der Waals surface area contributed by atoms with E-state index in [9.17, 15) is 9.59 Å². The molecule has 1 unspecified atom stereocenters. The molecule has 5 nitrogen and oxygen atoms in total. The summed E-state index contributed by atoms with van der Waals surface area (Å²) >= 11 is 0. The lowest BCUT2D eigenvalue weighted by Gasteiger charge is -2.23. The molecule has 0 saturated heterocycles. The highest BCUT2D eigenvalue weighted by molar-refractivity contribution is 8.01.